The summed E-state index contributed by atoms with van der Waals surface area (Å²) in [5, 5.41) is 22.6. The zero-order valence-corrected chi connectivity index (χ0v) is 11.5. The molecule has 0 saturated carbocycles. The number of aliphatic hydroxyl groups excluding tert-OH is 2. The van der Waals surface area contributed by atoms with E-state index in [1.165, 1.54) is 0 Å². The van der Waals surface area contributed by atoms with E-state index in [4.69, 9.17) is 9.84 Å². The standard InChI is InChI=1S/C15H18N2O4/c18-7-3-6-13(19)10-21-15(20)17-14-8-11-4-1-2-5-12(11)9-16-14/h1-2,4-5,8-9,13,18-19H,3,6-7,10H2,(H,16,17,20). The van der Waals surface area contributed by atoms with Crippen LogP contribution < -0.4 is 5.32 Å². The quantitative estimate of drug-likeness (QED) is 0.756. The Kier molecular flexibility index (Phi) is 5.48. The van der Waals surface area contributed by atoms with Gasteiger partial charge in [-0.05, 0) is 24.3 Å². The second kappa shape index (κ2) is 7.56. The highest BCUT2D eigenvalue weighted by Crippen LogP contribution is 2.16. The average molecular weight is 290 g/mol. The van der Waals surface area contributed by atoms with Crippen molar-refractivity contribution in [2.45, 2.75) is 18.9 Å². The van der Waals surface area contributed by atoms with E-state index in [1.807, 2.05) is 24.3 Å². The molecule has 0 aliphatic carbocycles. The summed E-state index contributed by atoms with van der Waals surface area (Å²) in [7, 11) is 0. The van der Waals surface area contributed by atoms with Crippen LogP contribution in [-0.2, 0) is 4.74 Å². The van der Waals surface area contributed by atoms with Gasteiger partial charge < -0.3 is 14.9 Å². The molecule has 0 bridgehead atoms. The summed E-state index contributed by atoms with van der Waals surface area (Å²) < 4.78 is 4.90. The topological polar surface area (TPSA) is 91.7 Å². The molecule has 1 unspecified atom stereocenters. The van der Waals surface area contributed by atoms with Gasteiger partial charge in [-0.1, -0.05) is 24.3 Å². The second-order valence-corrected chi connectivity index (χ2v) is 4.66. The minimum absolute atomic E-state index is 0.00423. The van der Waals surface area contributed by atoms with Crippen LogP contribution in [0.2, 0.25) is 0 Å². The van der Waals surface area contributed by atoms with E-state index >= 15 is 0 Å². The van der Waals surface area contributed by atoms with Gasteiger partial charge in [-0.2, -0.15) is 0 Å². The largest absolute Gasteiger partial charge is 0.447 e. The lowest BCUT2D eigenvalue weighted by molar-refractivity contribution is 0.0655. The fourth-order valence-electron chi connectivity index (χ4n) is 1.87. The third kappa shape index (κ3) is 4.70. The number of ether oxygens (including phenoxy) is 1. The van der Waals surface area contributed by atoms with Gasteiger partial charge in [0.2, 0.25) is 0 Å². The molecule has 0 spiro atoms. The maximum Gasteiger partial charge on any atom is 0.412 e. The number of amides is 1. The van der Waals surface area contributed by atoms with Gasteiger partial charge in [-0.25, -0.2) is 9.78 Å². The molecule has 112 valence electrons. The number of benzene rings is 1. The van der Waals surface area contributed by atoms with E-state index in [1.54, 1.807) is 12.3 Å². The van der Waals surface area contributed by atoms with E-state index in [0.29, 0.717) is 18.7 Å². The first kappa shape index (κ1) is 15.2. The third-order valence-electron chi connectivity index (χ3n) is 2.96. The van der Waals surface area contributed by atoms with Crippen molar-refractivity contribution in [3.63, 3.8) is 0 Å². The van der Waals surface area contributed by atoms with E-state index in [0.717, 1.165) is 10.8 Å². The highest BCUT2D eigenvalue weighted by molar-refractivity contribution is 5.89. The fourth-order valence-corrected chi connectivity index (χ4v) is 1.87. The maximum atomic E-state index is 11.6. The summed E-state index contributed by atoms with van der Waals surface area (Å²) in [6.07, 6.45) is 1.09. The van der Waals surface area contributed by atoms with Gasteiger partial charge in [0.1, 0.15) is 12.4 Å². The molecule has 2 aromatic rings. The third-order valence-corrected chi connectivity index (χ3v) is 2.96. The van der Waals surface area contributed by atoms with Gasteiger partial charge in [0.05, 0.1) is 6.10 Å². The van der Waals surface area contributed by atoms with Crippen LogP contribution in [0, 0.1) is 0 Å². The van der Waals surface area contributed by atoms with Crippen LogP contribution in [0.5, 0.6) is 0 Å². The molecular formula is C15H18N2O4. The first-order valence-corrected chi connectivity index (χ1v) is 6.76. The van der Waals surface area contributed by atoms with Crippen LogP contribution >= 0.6 is 0 Å². The molecule has 1 atom stereocenters. The van der Waals surface area contributed by atoms with E-state index in [2.05, 4.69) is 10.3 Å². The van der Waals surface area contributed by atoms with Crippen molar-refractivity contribution in [1.82, 2.24) is 4.98 Å². The Labute approximate surface area is 122 Å². The Morgan fingerprint density at radius 3 is 2.86 bits per heavy atom. The Morgan fingerprint density at radius 2 is 2.10 bits per heavy atom. The zero-order valence-electron chi connectivity index (χ0n) is 11.5. The summed E-state index contributed by atoms with van der Waals surface area (Å²) in [5.41, 5.74) is 0. The molecule has 1 aromatic heterocycles. The first-order chi connectivity index (χ1) is 10.2. The summed E-state index contributed by atoms with van der Waals surface area (Å²) in [6, 6.07) is 9.42. The molecular weight excluding hydrogens is 272 g/mol. The van der Waals surface area contributed by atoms with Gasteiger partial charge in [-0.3, -0.25) is 5.32 Å². The number of fused-ring (bicyclic) bond motifs is 1. The Balaban J connectivity index is 1.86. The lowest BCUT2D eigenvalue weighted by Crippen LogP contribution is -2.22. The molecule has 6 nitrogen and oxygen atoms in total. The summed E-state index contributed by atoms with van der Waals surface area (Å²) in [6.45, 7) is -0.107. The molecule has 0 fully saturated rings. The van der Waals surface area contributed by atoms with Crippen molar-refractivity contribution in [2.75, 3.05) is 18.5 Å². The molecule has 0 saturated heterocycles. The van der Waals surface area contributed by atoms with E-state index in [-0.39, 0.29) is 13.2 Å². The highest BCUT2D eigenvalue weighted by atomic mass is 16.6. The summed E-state index contributed by atoms with van der Waals surface area (Å²) in [4.78, 5) is 15.7. The number of aromatic nitrogens is 1. The van der Waals surface area contributed by atoms with Crippen LogP contribution in [0.3, 0.4) is 0 Å². The summed E-state index contributed by atoms with van der Waals surface area (Å²) in [5.74, 6) is 0.392. The van der Waals surface area contributed by atoms with Crippen LogP contribution in [0.1, 0.15) is 12.8 Å². The van der Waals surface area contributed by atoms with E-state index in [9.17, 15) is 9.90 Å². The Hall–Kier alpha value is -2.18. The van der Waals surface area contributed by atoms with Crippen molar-refractivity contribution in [1.29, 1.82) is 0 Å². The normalized spacial score (nSPS) is 12.1. The number of carbonyl (C=O) groups excluding carboxylic acids is 1. The Morgan fingerprint density at radius 1 is 1.33 bits per heavy atom. The van der Waals surface area contributed by atoms with Crippen LogP contribution in [0.15, 0.2) is 36.5 Å². The number of pyridine rings is 1. The van der Waals surface area contributed by atoms with Crippen molar-refractivity contribution in [3.8, 4) is 0 Å². The summed E-state index contributed by atoms with van der Waals surface area (Å²) >= 11 is 0. The first-order valence-electron chi connectivity index (χ1n) is 6.76. The van der Waals surface area contributed by atoms with Gasteiger partial charge in [-0.15, -0.1) is 0 Å². The second-order valence-electron chi connectivity index (χ2n) is 4.66. The number of aliphatic hydroxyl groups is 2. The fraction of sp³-hybridized carbons (Fsp3) is 0.333. The maximum absolute atomic E-state index is 11.6. The molecule has 2 rings (SSSR count). The SMILES string of the molecule is O=C(Nc1cc2ccccc2cn1)OCC(O)CCCO. The average Bonchev–Trinajstić information content (AvgIpc) is 2.50. The number of nitrogens with zero attached hydrogens (tertiary/aromatic N) is 1. The lowest BCUT2D eigenvalue weighted by atomic mass is 10.2. The van der Waals surface area contributed by atoms with E-state index < -0.39 is 12.2 Å². The van der Waals surface area contributed by atoms with Crippen molar-refractivity contribution in [3.05, 3.63) is 36.5 Å². The van der Waals surface area contributed by atoms with Crippen molar-refractivity contribution in [2.24, 2.45) is 0 Å². The van der Waals surface area contributed by atoms with Crippen molar-refractivity contribution < 1.29 is 19.7 Å². The van der Waals surface area contributed by atoms with Crippen LogP contribution in [-0.4, -0.2) is 40.6 Å². The predicted octanol–water partition coefficient (Wildman–Crippen LogP) is 1.92. The molecule has 1 aromatic carbocycles. The minimum atomic E-state index is -0.771. The molecule has 6 heteroatoms. The molecule has 1 heterocycles. The smallest absolute Gasteiger partial charge is 0.412 e. The van der Waals surface area contributed by atoms with Gasteiger partial charge in [0, 0.05) is 18.2 Å². The zero-order chi connectivity index (χ0) is 15.1. The monoisotopic (exact) mass is 290 g/mol. The molecule has 1 amide bonds. The lowest BCUT2D eigenvalue weighted by Gasteiger charge is -2.11. The number of hydrogen-bond acceptors (Lipinski definition) is 5. The van der Waals surface area contributed by atoms with Gasteiger partial charge in [0.15, 0.2) is 0 Å². The number of anilines is 1. The highest BCUT2D eigenvalue weighted by Gasteiger charge is 2.09. The van der Waals surface area contributed by atoms with Gasteiger partial charge >= 0.3 is 6.09 Å². The number of hydrogen-bond donors (Lipinski definition) is 3. The van der Waals surface area contributed by atoms with Crippen LogP contribution in [0.4, 0.5) is 10.6 Å². The number of rotatable bonds is 6. The molecule has 21 heavy (non-hydrogen) atoms. The van der Waals surface area contributed by atoms with Crippen molar-refractivity contribution >= 4 is 22.7 Å². The molecule has 0 aliphatic rings. The minimum Gasteiger partial charge on any atom is -0.447 e. The van der Waals surface area contributed by atoms with Crippen LogP contribution in [0.25, 0.3) is 10.8 Å². The molecule has 0 radical (unpaired) electrons. The molecule has 0 aliphatic heterocycles. The number of carbonyl (C=O) groups is 1. The van der Waals surface area contributed by atoms with Gasteiger partial charge in [0.25, 0.3) is 0 Å². The number of nitrogens with one attached hydrogen (secondary N) is 1. The Bertz CT molecular complexity index is 603. The predicted molar refractivity (Wildman–Crippen MR) is 79.0 cm³/mol. The molecule has 3 N–H and O–H groups in total.